The van der Waals surface area contributed by atoms with E-state index in [9.17, 15) is 9.59 Å². The molecule has 18 heavy (non-hydrogen) atoms. The van der Waals surface area contributed by atoms with Crippen LogP contribution in [-0.2, 0) is 14.3 Å². The predicted molar refractivity (Wildman–Crippen MR) is 69.1 cm³/mol. The Bertz CT molecular complexity index is 293. The molecular weight excluding hydrogens is 232 g/mol. The summed E-state index contributed by atoms with van der Waals surface area (Å²) in [5.74, 6) is -0.410. The number of nitrogens with one attached hydrogen (secondary N) is 2. The third-order valence-corrected chi connectivity index (χ3v) is 3.67. The Hall–Kier alpha value is -1.10. The van der Waals surface area contributed by atoms with E-state index in [4.69, 9.17) is 0 Å². The molecule has 1 aliphatic rings. The van der Waals surface area contributed by atoms with Crippen molar-refractivity contribution in [2.24, 2.45) is 5.41 Å². The molecule has 1 aliphatic heterocycles. The zero-order valence-corrected chi connectivity index (χ0v) is 11.5. The molecule has 0 unspecified atom stereocenters. The molecule has 1 heterocycles. The minimum absolute atomic E-state index is 0.0104. The van der Waals surface area contributed by atoms with Crippen molar-refractivity contribution in [1.82, 2.24) is 10.6 Å². The van der Waals surface area contributed by atoms with Crippen molar-refractivity contribution in [2.45, 2.75) is 45.6 Å². The van der Waals surface area contributed by atoms with Crippen LogP contribution in [0.3, 0.4) is 0 Å². The molecule has 5 heteroatoms. The van der Waals surface area contributed by atoms with Crippen LogP contribution in [0.5, 0.6) is 0 Å². The average molecular weight is 256 g/mol. The second kappa shape index (κ2) is 6.73. The number of carbonyl (C=O) groups excluding carboxylic acids is 2. The SMILES string of the molecule is CCCC1(C(=O)N[C@@H](C)C(=O)OC)CCNCC1. The molecule has 1 rings (SSSR count). The van der Waals surface area contributed by atoms with E-state index in [1.54, 1.807) is 6.92 Å². The molecule has 0 aliphatic carbocycles. The minimum atomic E-state index is -0.578. The van der Waals surface area contributed by atoms with E-state index in [-0.39, 0.29) is 11.3 Å². The van der Waals surface area contributed by atoms with Gasteiger partial charge < -0.3 is 15.4 Å². The van der Waals surface area contributed by atoms with Crippen LogP contribution in [0.4, 0.5) is 0 Å². The lowest BCUT2D eigenvalue weighted by atomic mass is 9.74. The summed E-state index contributed by atoms with van der Waals surface area (Å²) < 4.78 is 4.63. The van der Waals surface area contributed by atoms with Crippen molar-refractivity contribution in [2.75, 3.05) is 20.2 Å². The lowest BCUT2D eigenvalue weighted by Crippen LogP contribution is -2.51. The highest BCUT2D eigenvalue weighted by Crippen LogP contribution is 2.34. The van der Waals surface area contributed by atoms with Crippen molar-refractivity contribution in [3.8, 4) is 0 Å². The molecule has 0 aromatic rings. The molecule has 0 bridgehead atoms. The summed E-state index contributed by atoms with van der Waals surface area (Å²) in [6, 6.07) is -0.578. The van der Waals surface area contributed by atoms with E-state index < -0.39 is 12.0 Å². The average Bonchev–Trinajstić information content (AvgIpc) is 2.39. The van der Waals surface area contributed by atoms with Gasteiger partial charge in [0.15, 0.2) is 0 Å². The zero-order chi connectivity index (χ0) is 13.6. The van der Waals surface area contributed by atoms with Crippen molar-refractivity contribution < 1.29 is 14.3 Å². The normalized spacial score (nSPS) is 19.9. The fraction of sp³-hybridized carbons (Fsp3) is 0.846. The summed E-state index contributed by atoms with van der Waals surface area (Å²) in [4.78, 5) is 23.7. The summed E-state index contributed by atoms with van der Waals surface area (Å²) in [5.41, 5.74) is -0.317. The Labute approximate surface area is 109 Å². The molecule has 0 aromatic heterocycles. The Morgan fingerprint density at radius 1 is 1.39 bits per heavy atom. The maximum atomic E-state index is 12.4. The highest BCUT2D eigenvalue weighted by atomic mass is 16.5. The van der Waals surface area contributed by atoms with Gasteiger partial charge in [-0.1, -0.05) is 13.3 Å². The van der Waals surface area contributed by atoms with Crippen LogP contribution in [0.1, 0.15) is 39.5 Å². The van der Waals surface area contributed by atoms with Crippen LogP contribution in [0.15, 0.2) is 0 Å². The Morgan fingerprint density at radius 3 is 2.50 bits per heavy atom. The van der Waals surface area contributed by atoms with Gasteiger partial charge >= 0.3 is 5.97 Å². The molecule has 0 aromatic carbocycles. The van der Waals surface area contributed by atoms with Crippen molar-refractivity contribution in [3.05, 3.63) is 0 Å². The van der Waals surface area contributed by atoms with Gasteiger partial charge in [-0.25, -0.2) is 4.79 Å². The van der Waals surface area contributed by atoms with Gasteiger partial charge in [0.1, 0.15) is 6.04 Å². The predicted octanol–water partition coefficient (Wildman–Crippen LogP) is 0.834. The molecule has 0 spiro atoms. The first kappa shape index (κ1) is 15.0. The highest BCUT2D eigenvalue weighted by molar-refractivity contribution is 5.87. The lowest BCUT2D eigenvalue weighted by molar-refractivity contribution is -0.146. The number of methoxy groups -OCH3 is 1. The first-order valence-corrected chi connectivity index (χ1v) is 6.65. The van der Waals surface area contributed by atoms with E-state index in [0.717, 1.165) is 38.8 Å². The molecule has 0 radical (unpaired) electrons. The second-order valence-corrected chi connectivity index (χ2v) is 5.00. The number of piperidine rings is 1. The number of hydrogen-bond donors (Lipinski definition) is 2. The van der Waals surface area contributed by atoms with E-state index in [2.05, 4.69) is 22.3 Å². The molecule has 5 nitrogen and oxygen atoms in total. The topological polar surface area (TPSA) is 67.4 Å². The fourth-order valence-electron chi connectivity index (χ4n) is 2.56. The van der Waals surface area contributed by atoms with Gasteiger partial charge in [-0.2, -0.15) is 0 Å². The van der Waals surface area contributed by atoms with Gasteiger partial charge in [-0.15, -0.1) is 0 Å². The molecule has 1 atom stereocenters. The second-order valence-electron chi connectivity index (χ2n) is 5.00. The van der Waals surface area contributed by atoms with E-state index in [0.29, 0.717) is 0 Å². The van der Waals surface area contributed by atoms with Gasteiger partial charge in [-0.05, 0) is 39.3 Å². The zero-order valence-electron chi connectivity index (χ0n) is 11.5. The minimum Gasteiger partial charge on any atom is -0.467 e. The van der Waals surface area contributed by atoms with Crippen LogP contribution in [0.2, 0.25) is 0 Å². The van der Waals surface area contributed by atoms with Gasteiger partial charge in [-0.3, -0.25) is 4.79 Å². The number of esters is 1. The van der Waals surface area contributed by atoms with Gasteiger partial charge in [0.05, 0.1) is 12.5 Å². The smallest absolute Gasteiger partial charge is 0.328 e. The summed E-state index contributed by atoms with van der Waals surface area (Å²) >= 11 is 0. The van der Waals surface area contributed by atoms with Crippen molar-refractivity contribution in [3.63, 3.8) is 0 Å². The van der Waals surface area contributed by atoms with Crippen LogP contribution in [0, 0.1) is 5.41 Å². The molecule has 104 valence electrons. The van der Waals surface area contributed by atoms with E-state index in [1.807, 2.05) is 0 Å². The van der Waals surface area contributed by atoms with Crippen molar-refractivity contribution in [1.29, 1.82) is 0 Å². The summed E-state index contributed by atoms with van der Waals surface area (Å²) in [5, 5.41) is 6.05. The highest BCUT2D eigenvalue weighted by Gasteiger charge is 2.39. The van der Waals surface area contributed by atoms with Crippen molar-refractivity contribution >= 4 is 11.9 Å². The number of amides is 1. The monoisotopic (exact) mass is 256 g/mol. The molecule has 1 amide bonds. The number of hydrogen-bond acceptors (Lipinski definition) is 4. The Kier molecular flexibility index (Phi) is 5.59. The summed E-state index contributed by atoms with van der Waals surface area (Å²) in [7, 11) is 1.33. The molecular formula is C13H24N2O3. The third-order valence-electron chi connectivity index (χ3n) is 3.67. The Balaban J connectivity index is 2.67. The summed E-state index contributed by atoms with van der Waals surface area (Å²) in [6.45, 7) is 5.46. The first-order chi connectivity index (χ1) is 8.55. The van der Waals surface area contributed by atoms with Gasteiger partial charge in [0.25, 0.3) is 0 Å². The molecule has 2 N–H and O–H groups in total. The third kappa shape index (κ3) is 3.45. The van der Waals surface area contributed by atoms with Crippen LogP contribution in [0.25, 0.3) is 0 Å². The summed E-state index contributed by atoms with van der Waals surface area (Å²) in [6.07, 6.45) is 3.51. The standard InChI is InChI=1S/C13H24N2O3/c1-4-5-13(6-8-14-9-7-13)12(17)15-10(2)11(16)18-3/h10,14H,4-9H2,1-3H3,(H,15,17)/t10-/m0/s1. The van der Waals surface area contributed by atoms with Gasteiger partial charge in [0.2, 0.25) is 5.91 Å². The maximum Gasteiger partial charge on any atom is 0.328 e. The Morgan fingerprint density at radius 2 is 2.00 bits per heavy atom. The van der Waals surface area contributed by atoms with Crippen LogP contribution < -0.4 is 10.6 Å². The van der Waals surface area contributed by atoms with Crippen LogP contribution in [-0.4, -0.2) is 38.1 Å². The van der Waals surface area contributed by atoms with E-state index in [1.165, 1.54) is 7.11 Å². The molecule has 0 saturated carbocycles. The quantitative estimate of drug-likeness (QED) is 0.715. The first-order valence-electron chi connectivity index (χ1n) is 6.65. The maximum absolute atomic E-state index is 12.4. The van der Waals surface area contributed by atoms with Gasteiger partial charge in [0, 0.05) is 0 Å². The number of rotatable bonds is 5. The van der Waals surface area contributed by atoms with E-state index >= 15 is 0 Å². The molecule has 1 fully saturated rings. The fourth-order valence-corrected chi connectivity index (χ4v) is 2.56. The van der Waals surface area contributed by atoms with Crippen LogP contribution >= 0.6 is 0 Å². The number of carbonyl (C=O) groups is 2. The lowest BCUT2D eigenvalue weighted by Gasteiger charge is -2.36. The molecule has 1 saturated heterocycles. The number of ether oxygens (including phenoxy) is 1. The largest absolute Gasteiger partial charge is 0.467 e.